The minimum atomic E-state index is -4.27. The summed E-state index contributed by atoms with van der Waals surface area (Å²) in [6, 6.07) is 8.74. The van der Waals surface area contributed by atoms with Gasteiger partial charge in [0.1, 0.15) is 22.5 Å². The van der Waals surface area contributed by atoms with Gasteiger partial charge in [0.15, 0.2) is 5.60 Å². The van der Waals surface area contributed by atoms with Crippen LogP contribution in [-0.4, -0.2) is 56.9 Å². The quantitative estimate of drug-likeness (QED) is 0.450. The van der Waals surface area contributed by atoms with Crippen LogP contribution in [0.3, 0.4) is 0 Å². The highest BCUT2D eigenvalue weighted by Gasteiger charge is 2.45. The van der Waals surface area contributed by atoms with E-state index < -0.39 is 39.7 Å². The summed E-state index contributed by atoms with van der Waals surface area (Å²) >= 11 is 0. The van der Waals surface area contributed by atoms with Crippen LogP contribution in [0.5, 0.6) is 11.5 Å². The van der Waals surface area contributed by atoms with Crippen molar-refractivity contribution in [3.8, 4) is 11.5 Å². The fourth-order valence-electron chi connectivity index (χ4n) is 3.62. The molecule has 0 spiro atoms. The standard InChI is InChI=1S/C25H30F2N2O8S/c1-15-6-9-20(35-5)21(12-15)38(33,34)29-14-17(8-11-22(30)31)36-19-10-7-16(13-18(19)29)28-23(32)37-24(2,3)25(4,26)27/h6-7,9-10,12-13,17H,8,11,14H2,1-5H3,(H,28,32)(H,30,31)/t17-/m0/s1. The number of hydrogen-bond acceptors (Lipinski definition) is 7. The molecule has 1 amide bonds. The van der Waals surface area contributed by atoms with Gasteiger partial charge in [0.05, 0.1) is 19.3 Å². The summed E-state index contributed by atoms with van der Waals surface area (Å²) in [6.07, 6.45) is -2.15. The second-order valence-corrected chi connectivity index (χ2v) is 11.3. The van der Waals surface area contributed by atoms with Gasteiger partial charge in [0.25, 0.3) is 15.9 Å². The maximum Gasteiger partial charge on any atom is 0.412 e. The summed E-state index contributed by atoms with van der Waals surface area (Å²) in [4.78, 5) is 23.4. The first-order valence-electron chi connectivity index (χ1n) is 11.6. The summed E-state index contributed by atoms with van der Waals surface area (Å²) in [5.74, 6) is -4.16. The highest BCUT2D eigenvalue weighted by Crippen LogP contribution is 2.41. The average Bonchev–Trinajstić information content (AvgIpc) is 2.81. The number of alkyl halides is 2. The largest absolute Gasteiger partial charge is 0.495 e. The van der Waals surface area contributed by atoms with E-state index in [0.29, 0.717) is 12.5 Å². The number of amides is 1. The van der Waals surface area contributed by atoms with Gasteiger partial charge in [-0.25, -0.2) is 22.0 Å². The molecular weight excluding hydrogens is 526 g/mol. The Bertz CT molecular complexity index is 1330. The molecule has 0 aromatic heterocycles. The number of nitrogens with zero attached hydrogens (tertiary/aromatic N) is 1. The molecule has 2 N–H and O–H groups in total. The van der Waals surface area contributed by atoms with Crippen LogP contribution >= 0.6 is 0 Å². The van der Waals surface area contributed by atoms with Crippen molar-refractivity contribution < 1.29 is 46.1 Å². The Morgan fingerprint density at radius 3 is 2.47 bits per heavy atom. The lowest BCUT2D eigenvalue weighted by Crippen LogP contribution is -2.45. The van der Waals surface area contributed by atoms with Gasteiger partial charge in [-0.2, -0.15) is 0 Å². The van der Waals surface area contributed by atoms with Crippen LogP contribution in [0, 0.1) is 6.92 Å². The maximum absolute atomic E-state index is 13.9. The van der Waals surface area contributed by atoms with Crippen molar-refractivity contribution in [3.05, 3.63) is 42.0 Å². The zero-order valence-electron chi connectivity index (χ0n) is 21.6. The Kier molecular flexibility index (Phi) is 8.10. The molecule has 208 valence electrons. The molecule has 2 aromatic carbocycles. The zero-order chi connectivity index (χ0) is 28.5. The summed E-state index contributed by atoms with van der Waals surface area (Å²) in [5.41, 5.74) is -1.33. The molecule has 13 heteroatoms. The van der Waals surface area contributed by atoms with Crippen molar-refractivity contribution in [1.29, 1.82) is 0 Å². The van der Waals surface area contributed by atoms with Crippen molar-refractivity contribution in [2.24, 2.45) is 0 Å². The van der Waals surface area contributed by atoms with Gasteiger partial charge < -0.3 is 19.3 Å². The predicted molar refractivity (Wildman–Crippen MR) is 135 cm³/mol. The van der Waals surface area contributed by atoms with Crippen molar-refractivity contribution in [3.63, 3.8) is 0 Å². The van der Waals surface area contributed by atoms with Crippen molar-refractivity contribution in [2.75, 3.05) is 23.3 Å². The number of methoxy groups -OCH3 is 1. The summed E-state index contributed by atoms with van der Waals surface area (Å²) < 4.78 is 72.4. The van der Waals surface area contributed by atoms with Gasteiger partial charge in [-0.05, 0) is 63.1 Å². The van der Waals surface area contributed by atoms with E-state index >= 15 is 0 Å². The number of aryl methyl sites for hydroxylation is 1. The number of sulfonamides is 1. The number of halogens is 2. The van der Waals surface area contributed by atoms with Gasteiger partial charge in [-0.3, -0.25) is 14.4 Å². The number of hydrogen-bond donors (Lipinski definition) is 2. The number of rotatable bonds is 9. The maximum atomic E-state index is 13.9. The average molecular weight is 557 g/mol. The molecule has 0 saturated carbocycles. The van der Waals surface area contributed by atoms with E-state index in [-0.39, 0.29) is 47.2 Å². The molecule has 1 heterocycles. The van der Waals surface area contributed by atoms with E-state index in [9.17, 15) is 26.8 Å². The van der Waals surface area contributed by atoms with Crippen molar-refractivity contribution >= 4 is 33.5 Å². The monoisotopic (exact) mass is 556 g/mol. The van der Waals surface area contributed by atoms with Gasteiger partial charge >= 0.3 is 12.1 Å². The molecule has 1 aliphatic heterocycles. The Balaban J connectivity index is 2.02. The number of carbonyl (C=O) groups excluding carboxylic acids is 1. The molecule has 3 rings (SSSR count). The third kappa shape index (κ3) is 6.26. The van der Waals surface area contributed by atoms with Crippen LogP contribution in [0.1, 0.15) is 39.2 Å². The molecule has 0 saturated heterocycles. The van der Waals surface area contributed by atoms with E-state index in [1.54, 1.807) is 13.0 Å². The number of fused-ring (bicyclic) bond motifs is 1. The highest BCUT2D eigenvalue weighted by molar-refractivity contribution is 7.93. The van der Waals surface area contributed by atoms with Crippen molar-refractivity contribution in [2.45, 2.75) is 63.1 Å². The lowest BCUT2D eigenvalue weighted by molar-refractivity contribution is -0.147. The fourth-order valence-corrected chi connectivity index (χ4v) is 5.36. The zero-order valence-corrected chi connectivity index (χ0v) is 22.4. The third-order valence-electron chi connectivity index (χ3n) is 6.11. The van der Waals surface area contributed by atoms with E-state index in [4.69, 9.17) is 19.3 Å². The Labute approximate surface area is 219 Å². The van der Waals surface area contributed by atoms with E-state index in [2.05, 4.69) is 5.32 Å². The number of anilines is 2. The number of carboxylic acids is 1. The molecule has 0 bridgehead atoms. The molecule has 38 heavy (non-hydrogen) atoms. The van der Waals surface area contributed by atoms with Crippen LogP contribution in [0.2, 0.25) is 0 Å². The molecular formula is C25H30F2N2O8S. The first-order chi connectivity index (χ1) is 17.5. The van der Waals surface area contributed by atoms with Gasteiger partial charge in [0, 0.05) is 19.0 Å². The molecule has 0 fully saturated rings. The fraction of sp³-hybridized carbons (Fsp3) is 0.440. The Hall–Kier alpha value is -3.61. The normalized spacial score (nSPS) is 15.8. The molecule has 1 atom stereocenters. The van der Waals surface area contributed by atoms with Crippen LogP contribution < -0.4 is 19.1 Å². The minimum absolute atomic E-state index is 0.0401. The van der Waals surface area contributed by atoms with Crippen LogP contribution in [-0.2, 0) is 19.6 Å². The predicted octanol–water partition coefficient (Wildman–Crippen LogP) is 4.81. The molecule has 1 aliphatic rings. The van der Waals surface area contributed by atoms with Crippen LogP contribution in [0.4, 0.5) is 25.0 Å². The van der Waals surface area contributed by atoms with Gasteiger partial charge in [0.2, 0.25) is 0 Å². The summed E-state index contributed by atoms with van der Waals surface area (Å²) in [7, 11) is -2.93. The number of ether oxygens (including phenoxy) is 3. The first kappa shape index (κ1) is 29.0. The molecule has 10 nitrogen and oxygen atoms in total. The minimum Gasteiger partial charge on any atom is -0.495 e. The van der Waals surface area contributed by atoms with E-state index in [1.165, 1.54) is 37.4 Å². The number of benzene rings is 2. The van der Waals surface area contributed by atoms with Crippen LogP contribution in [0.25, 0.3) is 0 Å². The van der Waals surface area contributed by atoms with E-state index in [0.717, 1.165) is 18.2 Å². The lowest BCUT2D eigenvalue weighted by atomic mass is 10.0. The molecule has 0 aliphatic carbocycles. The topological polar surface area (TPSA) is 131 Å². The van der Waals surface area contributed by atoms with Gasteiger partial charge in [-0.1, -0.05) is 6.07 Å². The SMILES string of the molecule is COc1ccc(C)cc1S(=O)(=O)N1C[C@H](CCC(=O)O)Oc2ccc(NC(=O)OC(C)(C)C(C)(F)F)cc21. The lowest BCUT2D eigenvalue weighted by Gasteiger charge is -2.36. The van der Waals surface area contributed by atoms with Crippen molar-refractivity contribution in [1.82, 2.24) is 0 Å². The summed E-state index contributed by atoms with van der Waals surface area (Å²) in [6.45, 7) is 4.25. The second kappa shape index (κ2) is 10.6. The number of aliphatic carboxylic acids is 1. The number of carbonyl (C=O) groups is 2. The van der Waals surface area contributed by atoms with Crippen LogP contribution in [0.15, 0.2) is 41.3 Å². The Morgan fingerprint density at radius 1 is 1.18 bits per heavy atom. The highest BCUT2D eigenvalue weighted by atomic mass is 32.2. The molecule has 2 aromatic rings. The van der Waals surface area contributed by atoms with E-state index in [1.807, 2.05) is 0 Å². The first-order valence-corrected chi connectivity index (χ1v) is 13.1. The third-order valence-corrected chi connectivity index (χ3v) is 7.91. The second-order valence-electron chi connectivity index (χ2n) is 9.46. The number of nitrogens with one attached hydrogen (secondary N) is 1. The summed E-state index contributed by atoms with van der Waals surface area (Å²) in [5, 5.41) is 11.4. The van der Waals surface area contributed by atoms with Gasteiger partial charge in [-0.15, -0.1) is 0 Å². The smallest absolute Gasteiger partial charge is 0.412 e. The number of carboxylic acid groups (broad SMARTS) is 1. The molecule has 0 radical (unpaired) electrons. The Morgan fingerprint density at radius 2 is 1.87 bits per heavy atom. The molecule has 0 unspecified atom stereocenters.